The Balaban J connectivity index is 2.29. The summed E-state index contributed by atoms with van der Waals surface area (Å²) in [7, 11) is 0. The maximum Gasteiger partial charge on any atom is 0.194 e. The molecule has 0 bridgehead atoms. The summed E-state index contributed by atoms with van der Waals surface area (Å²) in [4.78, 5) is 0. The normalized spacial score (nSPS) is 14.8. The van der Waals surface area contributed by atoms with E-state index < -0.39 is 12.6 Å². The third-order valence-electron chi connectivity index (χ3n) is 3.54. The van der Waals surface area contributed by atoms with E-state index in [4.69, 9.17) is 9.47 Å². The maximum atomic E-state index is 9.37. The fourth-order valence-electron chi connectivity index (χ4n) is 2.67. The van der Waals surface area contributed by atoms with Gasteiger partial charge in [0.05, 0.1) is 0 Å². The van der Waals surface area contributed by atoms with Crippen molar-refractivity contribution in [1.82, 2.24) is 0 Å². The highest BCUT2D eigenvalue weighted by Crippen LogP contribution is 2.32. The van der Waals surface area contributed by atoms with Crippen LogP contribution in [0, 0.1) is 0 Å². The van der Waals surface area contributed by atoms with E-state index in [-0.39, 0.29) is 5.92 Å². The number of hydrogen-bond acceptors (Lipinski definition) is 4. The molecule has 2 atom stereocenters. The van der Waals surface area contributed by atoms with Crippen molar-refractivity contribution in [3.63, 3.8) is 0 Å². The van der Waals surface area contributed by atoms with E-state index in [1.165, 1.54) is 0 Å². The Hall–Kier alpha value is -2.04. The molecule has 0 aliphatic carbocycles. The first-order valence-corrected chi connectivity index (χ1v) is 7.89. The average molecular weight is 316 g/mol. The van der Waals surface area contributed by atoms with E-state index in [0.29, 0.717) is 11.5 Å². The number of aliphatic hydroxyl groups is 2. The highest BCUT2D eigenvalue weighted by atomic mass is 16.6. The molecule has 2 unspecified atom stereocenters. The van der Waals surface area contributed by atoms with Gasteiger partial charge in [-0.05, 0) is 55.7 Å². The molecule has 2 aromatic carbocycles. The molecule has 2 N–H and O–H groups in total. The van der Waals surface area contributed by atoms with Crippen LogP contribution in [-0.2, 0) is 0 Å². The van der Waals surface area contributed by atoms with Gasteiger partial charge in [-0.25, -0.2) is 0 Å². The highest BCUT2D eigenvalue weighted by molar-refractivity contribution is 5.40. The lowest BCUT2D eigenvalue weighted by molar-refractivity contribution is -0.000857. The van der Waals surface area contributed by atoms with Gasteiger partial charge >= 0.3 is 0 Å². The van der Waals surface area contributed by atoms with Gasteiger partial charge in [-0.15, -0.1) is 0 Å². The van der Waals surface area contributed by atoms with E-state index in [9.17, 15) is 10.2 Å². The molecule has 0 saturated carbocycles. The summed E-state index contributed by atoms with van der Waals surface area (Å²) >= 11 is 0. The molecule has 0 fully saturated rings. The van der Waals surface area contributed by atoms with Crippen LogP contribution in [0.3, 0.4) is 0 Å². The van der Waals surface area contributed by atoms with Crippen LogP contribution in [0.1, 0.15) is 44.2 Å². The Bertz CT molecular complexity index is 569. The van der Waals surface area contributed by atoms with Crippen molar-refractivity contribution in [2.24, 2.45) is 0 Å². The molecule has 0 heterocycles. The Morgan fingerprint density at radius 1 is 0.826 bits per heavy atom. The van der Waals surface area contributed by atoms with Crippen LogP contribution in [0.2, 0.25) is 0 Å². The second kappa shape index (κ2) is 7.99. The summed E-state index contributed by atoms with van der Waals surface area (Å²) in [6.45, 7) is 5.29. The van der Waals surface area contributed by atoms with Crippen molar-refractivity contribution in [3.8, 4) is 11.5 Å². The van der Waals surface area contributed by atoms with Crippen LogP contribution in [0.4, 0.5) is 0 Å². The van der Waals surface area contributed by atoms with Crippen molar-refractivity contribution in [2.45, 2.75) is 45.7 Å². The van der Waals surface area contributed by atoms with E-state index in [1.807, 2.05) is 48.5 Å². The van der Waals surface area contributed by atoms with Crippen LogP contribution in [0.15, 0.2) is 48.5 Å². The Morgan fingerprint density at radius 2 is 1.26 bits per heavy atom. The SMILES string of the molecule is CCC(c1cccc(OC(C)O)c1)c1cccc(OC(C)O)c1. The summed E-state index contributed by atoms with van der Waals surface area (Å²) in [5, 5.41) is 18.7. The van der Waals surface area contributed by atoms with Gasteiger partial charge < -0.3 is 19.7 Å². The summed E-state index contributed by atoms with van der Waals surface area (Å²) < 4.78 is 10.7. The standard InChI is InChI=1S/C19H24O4/c1-4-19(15-7-5-9-17(11-15)22-13(2)20)16-8-6-10-18(12-16)23-14(3)21/h5-14,19-21H,4H2,1-3H3. The van der Waals surface area contributed by atoms with Gasteiger partial charge in [0, 0.05) is 5.92 Å². The smallest absolute Gasteiger partial charge is 0.194 e. The average Bonchev–Trinajstić information content (AvgIpc) is 2.47. The Labute approximate surface area is 137 Å². The zero-order chi connectivity index (χ0) is 16.8. The van der Waals surface area contributed by atoms with Gasteiger partial charge in [0.1, 0.15) is 11.5 Å². The van der Waals surface area contributed by atoms with Gasteiger partial charge in [0.15, 0.2) is 12.6 Å². The summed E-state index contributed by atoms with van der Waals surface area (Å²) in [5.41, 5.74) is 2.22. The van der Waals surface area contributed by atoms with Crippen LogP contribution in [0.5, 0.6) is 11.5 Å². The van der Waals surface area contributed by atoms with Crippen LogP contribution in [-0.4, -0.2) is 22.8 Å². The molecule has 0 spiro atoms. The van der Waals surface area contributed by atoms with Crippen molar-refractivity contribution in [1.29, 1.82) is 0 Å². The lowest BCUT2D eigenvalue weighted by Crippen LogP contribution is -2.10. The van der Waals surface area contributed by atoms with E-state index in [1.54, 1.807) is 13.8 Å². The predicted molar refractivity (Wildman–Crippen MR) is 89.6 cm³/mol. The molecule has 2 rings (SSSR count). The topological polar surface area (TPSA) is 58.9 Å². The van der Waals surface area contributed by atoms with Crippen molar-refractivity contribution in [3.05, 3.63) is 59.7 Å². The van der Waals surface area contributed by atoms with Crippen LogP contribution in [0.25, 0.3) is 0 Å². The second-order valence-corrected chi connectivity index (χ2v) is 5.54. The first-order valence-electron chi connectivity index (χ1n) is 7.89. The molecule has 0 aliphatic heterocycles. The molecule has 0 aromatic heterocycles. The van der Waals surface area contributed by atoms with Crippen molar-refractivity contribution < 1.29 is 19.7 Å². The summed E-state index contributed by atoms with van der Waals surface area (Å²) in [6, 6.07) is 15.5. The predicted octanol–water partition coefficient (Wildman–Crippen LogP) is 3.66. The Morgan fingerprint density at radius 3 is 1.61 bits per heavy atom. The lowest BCUT2D eigenvalue weighted by Gasteiger charge is -2.19. The van der Waals surface area contributed by atoms with E-state index in [0.717, 1.165) is 17.5 Å². The molecule has 0 aliphatic rings. The minimum Gasteiger partial charge on any atom is -0.465 e. The fraction of sp³-hybridized carbons (Fsp3) is 0.368. The number of ether oxygens (including phenoxy) is 2. The van der Waals surface area contributed by atoms with Gasteiger partial charge in [-0.3, -0.25) is 0 Å². The molecule has 23 heavy (non-hydrogen) atoms. The first kappa shape index (κ1) is 17.3. The van der Waals surface area contributed by atoms with Crippen LogP contribution < -0.4 is 9.47 Å². The number of hydrogen-bond donors (Lipinski definition) is 2. The maximum absolute atomic E-state index is 9.37. The number of benzene rings is 2. The summed E-state index contributed by atoms with van der Waals surface area (Å²) in [6.07, 6.45) is -0.766. The van der Waals surface area contributed by atoms with E-state index >= 15 is 0 Å². The van der Waals surface area contributed by atoms with Gasteiger partial charge in [0.25, 0.3) is 0 Å². The third-order valence-corrected chi connectivity index (χ3v) is 3.54. The van der Waals surface area contributed by atoms with Crippen molar-refractivity contribution >= 4 is 0 Å². The monoisotopic (exact) mass is 316 g/mol. The van der Waals surface area contributed by atoms with Gasteiger partial charge in [-0.2, -0.15) is 0 Å². The molecule has 4 heteroatoms. The van der Waals surface area contributed by atoms with Crippen molar-refractivity contribution in [2.75, 3.05) is 0 Å². The van der Waals surface area contributed by atoms with E-state index in [2.05, 4.69) is 6.92 Å². The highest BCUT2D eigenvalue weighted by Gasteiger charge is 2.14. The number of rotatable bonds is 7. The molecular formula is C19H24O4. The zero-order valence-electron chi connectivity index (χ0n) is 13.8. The molecule has 0 radical (unpaired) electrons. The second-order valence-electron chi connectivity index (χ2n) is 5.54. The fourth-order valence-corrected chi connectivity index (χ4v) is 2.67. The first-order chi connectivity index (χ1) is 11.0. The molecule has 4 nitrogen and oxygen atoms in total. The van der Waals surface area contributed by atoms with Gasteiger partial charge in [0.2, 0.25) is 0 Å². The van der Waals surface area contributed by atoms with Crippen LogP contribution >= 0.6 is 0 Å². The quantitative estimate of drug-likeness (QED) is 0.765. The molecule has 2 aromatic rings. The molecular weight excluding hydrogens is 292 g/mol. The third kappa shape index (κ3) is 4.98. The lowest BCUT2D eigenvalue weighted by atomic mass is 9.89. The zero-order valence-corrected chi connectivity index (χ0v) is 13.8. The minimum absolute atomic E-state index is 0.185. The Kier molecular flexibility index (Phi) is 6.02. The molecule has 0 amide bonds. The summed E-state index contributed by atoms with van der Waals surface area (Å²) in [5.74, 6) is 1.48. The largest absolute Gasteiger partial charge is 0.465 e. The number of aliphatic hydroxyl groups excluding tert-OH is 2. The molecule has 0 saturated heterocycles. The van der Waals surface area contributed by atoms with Gasteiger partial charge in [-0.1, -0.05) is 31.2 Å². The molecule has 124 valence electrons. The minimum atomic E-state index is -0.840.